The Hall–Kier alpha value is -1.23. The van der Waals surface area contributed by atoms with Gasteiger partial charge in [-0.25, -0.2) is 0 Å². The predicted octanol–water partition coefficient (Wildman–Crippen LogP) is 2.62. The van der Waals surface area contributed by atoms with Crippen LogP contribution in [0.15, 0.2) is 24.3 Å². The van der Waals surface area contributed by atoms with Crippen molar-refractivity contribution in [3.05, 3.63) is 39.9 Å². The van der Waals surface area contributed by atoms with E-state index in [2.05, 4.69) is 15.9 Å². The van der Waals surface area contributed by atoms with E-state index in [1.165, 1.54) is 6.07 Å². The molecule has 0 N–H and O–H groups in total. The molecule has 0 aromatic heterocycles. The van der Waals surface area contributed by atoms with E-state index in [1.54, 1.807) is 25.1 Å². The number of benzene rings is 1. The lowest BCUT2D eigenvalue weighted by Crippen LogP contribution is -2.04. The Morgan fingerprint density at radius 1 is 1.50 bits per heavy atom. The lowest BCUT2D eigenvalue weighted by atomic mass is 10.0. The van der Waals surface area contributed by atoms with E-state index >= 15 is 0 Å². The predicted molar refractivity (Wildman–Crippen MR) is 55.4 cm³/mol. The molecule has 0 saturated heterocycles. The summed E-state index contributed by atoms with van der Waals surface area (Å²) in [5, 5.41) is 10.6. The van der Waals surface area contributed by atoms with E-state index in [4.69, 9.17) is 0 Å². The molecule has 0 bridgehead atoms. The number of nitrogens with zero attached hydrogens (tertiary/aromatic N) is 1. The standard InChI is InChI=1S/C9H8BrNO3/c1-6(9(10)12)7-4-2-3-5-8(7)11(13)14/h2-6H,1H3. The second kappa shape index (κ2) is 4.32. The molecule has 1 aromatic carbocycles. The van der Waals surface area contributed by atoms with Gasteiger partial charge in [-0.15, -0.1) is 0 Å². The maximum atomic E-state index is 11.0. The van der Waals surface area contributed by atoms with Crippen molar-refractivity contribution in [1.82, 2.24) is 0 Å². The van der Waals surface area contributed by atoms with Gasteiger partial charge in [0.2, 0.25) is 4.69 Å². The molecule has 1 aromatic rings. The Bertz CT molecular complexity index is 378. The fourth-order valence-electron chi connectivity index (χ4n) is 1.14. The zero-order valence-electron chi connectivity index (χ0n) is 7.44. The number of carbonyl (C=O) groups excluding carboxylic acids is 1. The van der Waals surface area contributed by atoms with Crippen molar-refractivity contribution in [2.75, 3.05) is 0 Å². The summed E-state index contributed by atoms with van der Waals surface area (Å²) in [7, 11) is 0. The Morgan fingerprint density at radius 3 is 2.57 bits per heavy atom. The molecule has 0 amide bonds. The third-order valence-corrected chi connectivity index (χ3v) is 2.63. The van der Waals surface area contributed by atoms with Crippen LogP contribution >= 0.6 is 15.9 Å². The maximum absolute atomic E-state index is 11.0. The van der Waals surface area contributed by atoms with E-state index in [9.17, 15) is 14.9 Å². The Balaban J connectivity index is 3.19. The smallest absolute Gasteiger partial charge is 0.273 e. The van der Waals surface area contributed by atoms with Crippen LogP contribution in [-0.2, 0) is 4.79 Å². The SMILES string of the molecule is CC(C(=O)Br)c1ccccc1[N+](=O)[O-]. The van der Waals surface area contributed by atoms with Crippen molar-refractivity contribution in [1.29, 1.82) is 0 Å². The van der Waals surface area contributed by atoms with Gasteiger partial charge in [0.15, 0.2) is 0 Å². The minimum absolute atomic E-state index is 0.0206. The molecular formula is C9H8BrNO3. The van der Waals surface area contributed by atoms with Crippen molar-refractivity contribution in [3.63, 3.8) is 0 Å². The van der Waals surface area contributed by atoms with Crippen LogP contribution in [0.4, 0.5) is 5.69 Å². The van der Waals surface area contributed by atoms with Crippen molar-refractivity contribution < 1.29 is 9.72 Å². The van der Waals surface area contributed by atoms with Crippen molar-refractivity contribution >= 4 is 26.3 Å². The number of rotatable bonds is 3. The summed E-state index contributed by atoms with van der Waals surface area (Å²) in [6, 6.07) is 6.23. The first-order chi connectivity index (χ1) is 6.54. The first-order valence-electron chi connectivity index (χ1n) is 3.96. The molecule has 0 spiro atoms. The highest BCUT2D eigenvalue weighted by Crippen LogP contribution is 2.27. The summed E-state index contributed by atoms with van der Waals surface area (Å²) >= 11 is 2.80. The Morgan fingerprint density at radius 2 is 2.07 bits per heavy atom. The lowest BCUT2D eigenvalue weighted by Gasteiger charge is -2.06. The normalized spacial score (nSPS) is 12.1. The summed E-state index contributed by atoms with van der Waals surface area (Å²) in [6.45, 7) is 1.62. The number of nitro benzene ring substituents is 1. The average molecular weight is 258 g/mol. The maximum Gasteiger partial charge on any atom is 0.273 e. The van der Waals surface area contributed by atoms with Crippen LogP contribution in [0.25, 0.3) is 0 Å². The highest BCUT2D eigenvalue weighted by Gasteiger charge is 2.21. The highest BCUT2D eigenvalue weighted by molar-refractivity contribution is 9.18. The second-order valence-electron chi connectivity index (χ2n) is 2.84. The van der Waals surface area contributed by atoms with Crippen LogP contribution in [0.3, 0.4) is 0 Å². The molecule has 0 aliphatic rings. The quantitative estimate of drug-likeness (QED) is 0.475. The zero-order valence-corrected chi connectivity index (χ0v) is 9.02. The number of nitro groups is 1. The molecule has 14 heavy (non-hydrogen) atoms. The van der Waals surface area contributed by atoms with Gasteiger partial charge in [-0.05, 0) is 15.9 Å². The van der Waals surface area contributed by atoms with Gasteiger partial charge in [0.1, 0.15) is 0 Å². The molecular weight excluding hydrogens is 250 g/mol. The van der Waals surface area contributed by atoms with Crippen molar-refractivity contribution in [3.8, 4) is 0 Å². The summed E-state index contributed by atoms with van der Waals surface area (Å²) in [6.07, 6.45) is 0. The monoisotopic (exact) mass is 257 g/mol. The molecule has 0 aliphatic carbocycles. The average Bonchev–Trinajstić information content (AvgIpc) is 2.16. The Kier molecular flexibility index (Phi) is 3.35. The number of halogens is 1. The van der Waals surface area contributed by atoms with Crippen molar-refractivity contribution in [2.45, 2.75) is 12.8 Å². The van der Waals surface area contributed by atoms with E-state index in [1.807, 2.05) is 0 Å². The van der Waals surface area contributed by atoms with E-state index in [0.29, 0.717) is 5.56 Å². The van der Waals surface area contributed by atoms with Crippen LogP contribution in [0, 0.1) is 10.1 Å². The summed E-state index contributed by atoms with van der Waals surface area (Å²) in [4.78, 5) is 21.2. The minimum Gasteiger partial charge on any atom is -0.286 e. The Labute approximate surface area is 89.2 Å². The fraction of sp³-hybridized carbons (Fsp3) is 0.222. The van der Waals surface area contributed by atoms with Gasteiger partial charge in [-0.1, -0.05) is 25.1 Å². The van der Waals surface area contributed by atoms with E-state index in [0.717, 1.165) is 0 Å². The number of carbonyl (C=O) groups is 1. The third kappa shape index (κ3) is 2.17. The molecule has 0 heterocycles. The second-order valence-corrected chi connectivity index (χ2v) is 3.62. The van der Waals surface area contributed by atoms with Gasteiger partial charge in [0.25, 0.3) is 5.69 Å². The van der Waals surface area contributed by atoms with Gasteiger partial charge < -0.3 is 0 Å². The molecule has 4 nitrogen and oxygen atoms in total. The van der Waals surface area contributed by atoms with E-state index < -0.39 is 10.8 Å². The highest BCUT2D eigenvalue weighted by atomic mass is 79.9. The van der Waals surface area contributed by atoms with Crippen LogP contribution < -0.4 is 0 Å². The molecule has 1 unspecified atom stereocenters. The largest absolute Gasteiger partial charge is 0.286 e. The molecule has 74 valence electrons. The number of hydrogen-bond donors (Lipinski definition) is 0. The minimum atomic E-state index is -0.503. The molecule has 0 radical (unpaired) electrons. The summed E-state index contributed by atoms with van der Waals surface area (Å²) in [5.74, 6) is -0.503. The molecule has 0 fully saturated rings. The first-order valence-corrected chi connectivity index (χ1v) is 4.76. The van der Waals surface area contributed by atoms with Gasteiger partial charge in [-0.3, -0.25) is 14.9 Å². The van der Waals surface area contributed by atoms with Crippen molar-refractivity contribution in [2.24, 2.45) is 0 Å². The van der Waals surface area contributed by atoms with Gasteiger partial charge in [0, 0.05) is 11.6 Å². The van der Waals surface area contributed by atoms with Gasteiger partial charge in [0.05, 0.1) is 10.8 Å². The number of hydrogen-bond acceptors (Lipinski definition) is 3. The lowest BCUT2D eigenvalue weighted by molar-refractivity contribution is -0.385. The molecule has 1 rings (SSSR count). The third-order valence-electron chi connectivity index (χ3n) is 1.94. The van der Waals surface area contributed by atoms with Crippen LogP contribution in [0.2, 0.25) is 0 Å². The summed E-state index contributed by atoms with van der Waals surface area (Å²) in [5.41, 5.74) is 0.409. The van der Waals surface area contributed by atoms with E-state index in [-0.39, 0.29) is 10.4 Å². The zero-order chi connectivity index (χ0) is 10.7. The molecule has 0 saturated carbocycles. The molecule has 1 atom stereocenters. The topological polar surface area (TPSA) is 60.2 Å². The molecule has 5 heteroatoms. The number of para-hydroxylation sites is 1. The van der Waals surface area contributed by atoms with Gasteiger partial charge in [-0.2, -0.15) is 0 Å². The fourth-order valence-corrected chi connectivity index (χ4v) is 1.39. The van der Waals surface area contributed by atoms with Gasteiger partial charge >= 0.3 is 0 Å². The molecule has 0 aliphatic heterocycles. The summed E-state index contributed by atoms with van der Waals surface area (Å²) < 4.78 is -0.258. The first kappa shape index (κ1) is 10.8. The van der Waals surface area contributed by atoms with Crippen LogP contribution in [-0.4, -0.2) is 9.62 Å². The van der Waals surface area contributed by atoms with Crippen LogP contribution in [0.5, 0.6) is 0 Å². The van der Waals surface area contributed by atoms with Crippen LogP contribution in [0.1, 0.15) is 18.4 Å².